The largest absolute Gasteiger partial charge is 0.371 e. The molecule has 0 aromatic rings. The number of piperidine rings is 1. The number of morpholine rings is 1. The first-order valence-corrected chi connectivity index (χ1v) is 5.72. The highest BCUT2D eigenvalue weighted by Gasteiger charge is 2.70. The minimum Gasteiger partial charge on any atom is -0.371 e. The van der Waals surface area contributed by atoms with Crippen molar-refractivity contribution in [3.63, 3.8) is 0 Å². The van der Waals surface area contributed by atoms with Gasteiger partial charge in [-0.1, -0.05) is 20.4 Å². The molecule has 3 unspecified atom stereocenters. The predicted molar refractivity (Wildman–Crippen MR) is 55.9 cm³/mol. The molecule has 78 valence electrons. The van der Waals surface area contributed by atoms with E-state index >= 15 is 0 Å². The highest BCUT2D eigenvalue weighted by molar-refractivity contribution is 5.27. The first-order valence-electron chi connectivity index (χ1n) is 5.72. The van der Waals surface area contributed by atoms with Gasteiger partial charge in [-0.25, -0.2) is 0 Å². The molecule has 2 aliphatic heterocycles. The van der Waals surface area contributed by atoms with E-state index in [2.05, 4.69) is 25.3 Å². The fraction of sp³-hybridized carbons (Fsp3) is 0.833. The number of rotatable bonds is 3. The highest BCUT2D eigenvalue weighted by Crippen LogP contribution is 2.60. The first kappa shape index (κ1) is 8.78. The number of hydrogen-bond acceptors (Lipinski definition) is 2. The van der Waals surface area contributed by atoms with Crippen LogP contribution < -0.4 is 0 Å². The number of likely N-dealkylation sites (tertiary alicyclic amines) is 1. The van der Waals surface area contributed by atoms with Crippen molar-refractivity contribution >= 4 is 0 Å². The van der Waals surface area contributed by atoms with Gasteiger partial charge in [-0.15, -0.1) is 0 Å². The normalized spacial score (nSPS) is 43.2. The highest BCUT2D eigenvalue weighted by atomic mass is 16.5. The van der Waals surface area contributed by atoms with Crippen LogP contribution in [-0.2, 0) is 4.74 Å². The summed E-state index contributed by atoms with van der Waals surface area (Å²) in [7, 11) is 0. The lowest BCUT2D eigenvalue weighted by Crippen LogP contribution is -2.37. The van der Waals surface area contributed by atoms with Crippen LogP contribution in [0.3, 0.4) is 0 Å². The maximum Gasteiger partial charge on any atom is 0.0927 e. The van der Waals surface area contributed by atoms with Crippen molar-refractivity contribution in [2.45, 2.75) is 50.8 Å². The molecule has 0 radical (unpaired) electrons. The van der Waals surface area contributed by atoms with E-state index in [-0.39, 0.29) is 5.60 Å². The second-order valence-electron chi connectivity index (χ2n) is 5.53. The predicted octanol–water partition coefficient (Wildman–Crippen LogP) is 2.16. The molecule has 3 aliphatic rings. The SMILES string of the molecule is C=C(CC(C)C)N1C2COC3(C2)CC13. The van der Waals surface area contributed by atoms with E-state index in [9.17, 15) is 0 Å². The molecule has 2 heteroatoms. The Kier molecular flexibility index (Phi) is 1.59. The third kappa shape index (κ3) is 1.01. The standard InChI is InChI=1S/C12H19NO/c1-8(2)4-9(3)13-10-5-12(14-7-10)6-11(12)13/h8,10-11H,3-7H2,1-2H3. The maximum atomic E-state index is 5.82. The molecule has 0 N–H and O–H groups in total. The van der Waals surface area contributed by atoms with Crippen molar-refractivity contribution in [1.82, 2.24) is 4.90 Å². The van der Waals surface area contributed by atoms with E-state index in [0.717, 1.165) is 18.9 Å². The topological polar surface area (TPSA) is 12.5 Å². The van der Waals surface area contributed by atoms with Gasteiger partial charge in [0, 0.05) is 18.5 Å². The van der Waals surface area contributed by atoms with Crippen LogP contribution in [0.1, 0.15) is 33.1 Å². The van der Waals surface area contributed by atoms with E-state index in [4.69, 9.17) is 4.74 Å². The van der Waals surface area contributed by atoms with E-state index in [1.807, 2.05) is 0 Å². The van der Waals surface area contributed by atoms with Crippen LogP contribution in [0.2, 0.25) is 0 Å². The number of ether oxygens (including phenoxy) is 1. The van der Waals surface area contributed by atoms with Gasteiger partial charge in [0.15, 0.2) is 0 Å². The monoisotopic (exact) mass is 193 g/mol. The molecule has 1 aliphatic carbocycles. The van der Waals surface area contributed by atoms with Crippen LogP contribution in [0.4, 0.5) is 0 Å². The molecule has 2 bridgehead atoms. The van der Waals surface area contributed by atoms with Crippen molar-refractivity contribution in [2.75, 3.05) is 6.61 Å². The second kappa shape index (κ2) is 2.54. The van der Waals surface area contributed by atoms with Crippen LogP contribution in [-0.4, -0.2) is 29.2 Å². The van der Waals surface area contributed by atoms with Crippen LogP contribution in [0.25, 0.3) is 0 Å². The minimum absolute atomic E-state index is 0.282. The molecule has 3 atom stereocenters. The summed E-state index contributed by atoms with van der Waals surface area (Å²) in [5.74, 6) is 0.720. The molecular formula is C12H19NO. The Morgan fingerprint density at radius 2 is 2.36 bits per heavy atom. The van der Waals surface area contributed by atoms with Gasteiger partial charge in [0.2, 0.25) is 0 Å². The van der Waals surface area contributed by atoms with Gasteiger partial charge in [0.25, 0.3) is 0 Å². The van der Waals surface area contributed by atoms with E-state index < -0.39 is 0 Å². The zero-order valence-corrected chi connectivity index (χ0v) is 9.12. The van der Waals surface area contributed by atoms with Gasteiger partial charge in [0.1, 0.15) is 0 Å². The lowest BCUT2D eigenvalue weighted by atomic mass is 10.1. The van der Waals surface area contributed by atoms with Crippen molar-refractivity contribution in [2.24, 2.45) is 5.92 Å². The van der Waals surface area contributed by atoms with Gasteiger partial charge >= 0.3 is 0 Å². The summed E-state index contributed by atoms with van der Waals surface area (Å²) in [4.78, 5) is 2.56. The van der Waals surface area contributed by atoms with Gasteiger partial charge in [-0.3, -0.25) is 0 Å². The molecule has 0 aromatic heterocycles. The molecule has 14 heavy (non-hydrogen) atoms. The zero-order valence-electron chi connectivity index (χ0n) is 9.12. The van der Waals surface area contributed by atoms with Crippen molar-refractivity contribution in [1.29, 1.82) is 0 Å². The third-order valence-corrected chi connectivity index (χ3v) is 3.87. The zero-order chi connectivity index (χ0) is 9.92. The van der Waals surface area contributed by atoms with Crippen LogP contribution in [0.15, 0.2) is 12.3 Å². The van der Waals surface area contributed by atoms with E-state index in [1.165, 1.54) is 18.5 Å². The molecular weight excluding hydrogens is 174 g/mol. The summed E-state index contributed by atoms with van der Waals surface area (Å²) in [5, 5.41) is 0. The Morgan fingerprint density at radius 1 is 1.57 bits per heavy atom. The summed E-state index contributed by atoms with van der Waals surface area (Å²) in [6.45, 7) is 9.70. The number of allylic oxidation sites excluding steroid dienone is 1. The lowest BCUT2D eigenvalue weighted by Gasteiger charge is -2.32. The first-order chi connectivity index (χ1) is 6.62. The fourth-order valence-corrected chi connectivity index (χ4v) is 3.26. The Balaban J connectivity index is 1.72. The van der Waals surface area contributed by atoms with Crippen LogP contribution in [0.5, 0.6) is 0 Å². The smallest absolute Gasteiger partial charge is 0.0927 e. The van der Waals surface area contributed by atoms with Crippen LogP contribution >= 0.6 is 0 Å². The summed E-state index contributed by atoms with van der Waals surface area (Å²) in [5.41, 5.74) is 1.63. The molecule has 2 nitrogen and oxygen atoms in total. The van der Waals surface area contributed by atoms with E-state index in [1.54, 1.807) is 0 Å². The number of hydrogen-bond donors (Lipinski definition) is 0. The molecule has 1 spiro atoms. The Morgan fingerprint density at radius 3 is 2.93 bits per heavy atom. The lowest BCUT2D eigenvalue weighted by molar-refractivity contribution is 0.0342. The Hall–Kier alpha value is -0.500. The maximum absolute atomic E-state index is 5.82. The number of nitrogens with zero attached hydrogens (tertiary/aromatic N) is 1. The molecule has 3 rings (SSSR count). The van der Waals surface area contributed by atoms with Crippen molar-refractivity contribution in [3.8, 4) is 0 Å². The average molecular weight is 193 g/mol. The summed E-state index contributed by atoms with van der Waals surface area (Å²) < 4.78 is 5.82. The quantitative estimate of drug-likeness (QED) is 0.681. The van der Waals surface area contributed by atoms with Crippen molar-refractivity contribution < 1.29 is 4.74 Å². The van der Waals surface area contributed by atoms with Crippen LogP contribution in [0, 0.1) is 5.92 Å². The molecule has 2 saturated heterocycles. The van der Waals surface area contributed by atoms with Gasteiger partial charge in [-0.05, 0) is 12.3 Å². The molecule has 0 amide bonds. The van der Waals surface area contributed by atoms with Gasteiger partial charge in [-0.2, -0.15) is 0 Å². The third-order valence-electron chi connectivity index (χ3n) is 3.87. The second-order valence-corrected chi connectivity index (χ2v) is 5.53. The summed E-state index contributed by atoms with van der Waals surface area (Å²) >= 11 is 0. The molecule has 3 fully saturated rings. The Bertz CT molecular complexity index is 282. The van der Waals surface area contributed by atoms with E-state index in [0.29, 0.717) is 12.1 Å². The number of fused-ring (bicyclic) bond motifs is 1. The van der Waals surface area contributed by atoms with Gasteiger partial charge < -0.3 is 9.64 Å². The van der Waals surface area contributed by atoms with Gasteiger partial charge in [0.05, 0.1) is 24.3 Å². The summed E-state index contributed by atoms with van der Waals surface area (Å²) in [6, 6.07) is 1.34. The van der Waals surface area contributed by atoms with Crippen molar-refractivity contribution in [3.05, 3.63) is 12.3 Å². The summed E-state index contributed by atoms with van der Waals surface area (Å²) in [6.07, 6.45) is 3.65. The molecule has 2 heterocycles. The Labute approximate surface area is 85.9 Å². The molecule has 1 saturated carbocycles. The average Bonchev–Trinajstić information content (AvgIpc) is 2.49. The minimum atomic E-state index is 0.282. The fourth-order valence-electron chi connectivity index (χ4n) is 3.26. The molecule has 0 aromatic carbocycles.